The van der Waals surface area contributed by atoms with E-state index in [1.807, 2.05) is 6.92 Å². The summed E-state index contributed by atoms with van der Waals surface area (Å²) in [5.41, 5.74) is 2.55. The van der Waals surface area contributed by atoms with E-state index in [1.165, 1.54) is 11.3 Å². The molecule has 0 unspecified atom stereocenters. The van der Waals surface area contributed by atoms with Crippen molar-refractivity contribution in [2.24, 2.45) is 0 Å². The maximum Gasteiger partial charge on any atom is 0.272 e. The lowest BCUT2D eigenvalue weighted by molar-refractivity contribution is 0.0947. The largest absolute Gasteiger partial charge is 0.346 e. The zero-order valence-electron chi connectivity index (χ0n) is 11.2. The highest BCUT2D eigenvalue weighted by Gasteiger charge is 2.14. The van der Waals surface area contributed by atoms with Crippen LogP contribution in [0.25, 0.3) is 10.8 Å². The molecule has 1 aromatic carbocycles. The summed E-state index contributed by atoms with van der Waals surface area (Å²) in [5.74, 6) is -0.324. The van der Waals surface area contributed by atoms with Crippen molar-refractivity contribution in [3.05, 3.63) is 56.4 Å². The highest BCUT2D eigenvalue weighted by atomic mass is 32.1. The summed E-state index contributed by atoms with van der Waals surface area (Å²) in [7, 11) is 0. The molecule has 21 heavy (non-hydrogen) atoms. The van der Waals surface area contributed by atoms with Gasteiger partial charge in [0.05, 0.1) is 23.1 Å². The Morgan fingerprint density at radius 1 is 1.33 bits per heavy atom. The zero-order chi connectivity index (χ0) is 14.8. The van der Waals surface area contributed by atoms with E-state index in [4.69, 9.17) is 0 Å². The van der Waals surface area contributed by atoms with Crippen LogP contribution in [0.4, 0.5) is 0 Å². The molecule has 0 fully saturated rings. The first-order valence-corrected chi connectivity index (χ1v) is 7.19. The number of fused-ring (bicyclic) bond motifs is 1. The number of thiazole rings is 1. The Kier molecular flexibility index (Phi) is 3.49. The molecule has 0 saturated carbocycles. The second-order valence-corrected chi connectivity index (χ2v) is 5.43. The predicted molar refractivity (Wildman–Crippen MR) is 80.4 cm³/mol. The summed E-state index contributed by atoms with van der Waals surface area (Å²) < 4.78 is 0. The Balaban J connectivity index is 1.90. The average Bonchev–Trinajstić information content (AvgIpc) is 2.91. The van der Waals surface area contributed by atoms with Crippen molar-refractivity contribution in [3.63, 3.8) is 0 Å². The SMILES string of the molecule is Cc1ncsc1CNC(=O)c1n[nH]c(=O)c2ccccc12. The number of amides is 1. The van der Waals surface area contributed by atoms with Gasteiger partial charge in [0, 0.05) is 10.3 Å². The van der Waals surface area contributed by atoms with Crippen molar-refractivity contribution < 1.29 is 4.79 Å². The number of carbonyl (C=O) groups excluding carboxylic acids is 1. The van der Waals surface area contributed by atoms with E-state index in [9.17, 15) is 9.59 Å². The molecule has 2 aromatic heterocycles. The van der Waals surface area contributed by atoms with E-state index >= 15 is 0 Å². The number of hydrogen-bond acceptors (Lipinski definition) is 5. The molecule has 0 aliphatic heterocycles. The lowest BCUT2D eigenvalue weighted by atomic mass is 10.1. The van der Waals surface area contributed by atoms with E-state index in [1.54, 1.807) is 29.8 Å². The van der Waals surface area contributed by atoms with Crippen molar-refractivity contribution >= 4 is 28.0 Å². The summed E-state index contributed by atoms with van der Waals surface area (Å²) in [4.78, 5) is 29.1. The van der Waals surface area contributed by atoms with E-state index < -0.39 is 0 Å². The van der Waals surface area contributed by atoms with Gasteiger partial charge in [0.1, 0.15) is 0 Å². The first kappa shape index (κ1) is 13.4. The predicted octanol–water partition coefficient (Wildman–Crippen LogP) is 1.62. The van der Waals surface area contributed by atoms with Crippen LogP contribution in [-0.2, 0) is 6.54 Å². The number of carbonyl (C=O) groups is 1. The minimum Gasteiger partial charge on any atom is -0.346 e. The quantitative estimate of drug-likeness (QED) is 0.769. The summed E-state index contributed by atoms with van der Waals surface area (Å²) in [6, 6.07) is 6.90. The van der Waals surface area contributed by atoms with Crippen LogP contribution < -0.4 is 10.9 Å². The highest BCUT2D eigenvalue weighted by Crippen LogP contribution is 2.14. The lowest BCUT2D eigenvalue weighted by Gasteiger charge is -2.06. The molecular weight excluding hydrogens is 288 g/mol. The molecule has 2 N–H and O–H groups in total. The number of rotatable bonds is 3. The minimum atomic E-state index is -0.324. The van der Waals surface area contributed by atoms with Crippen LogP contribution in [0, 0.1) is 6.92 Å². The van der Waals surface area contributed by atoms with Crippen molar-refractivity contribution in [2.75, 3.05) is 0 Å². The Morgan fingerprint density at radius 3 is 2.81 bits per heavy atom. The number of hydrogen-bond donors (Lipinski definition) is 2. The summed E-state index contributed by atoms with van der Waals surface area (Å²) in [5, 5.41) is 10.0. The number of benzene rings is 1. The van der Waals surface area contributed by atoms with E-state index in [0.717, 1.165) is 10.6 Å². The van der Waals surface area contributed by atoms with Crippen molar-refractivity contribution in [2.45, 2.75) is 13.5 Å². The molecule has 6 nitrogen and oxygen atoms in total. The monoisotopic (exact) mass is 300 g/mol. The van der Waals surface area contributed by atoms with Gasteiger partial charge in [-0.2, -0.15) is 5.10 Å². The number of nitrogens with one attached hydrogen (secondary N) is 2. The number of aromatic nitrogens is 3. The molecule has 0 atom stereocenters. The molecule has 0 aliphatic carbocycles. The molecule has 1 amide bonds. The Bertz CT molecular complexity index is 869. The smallest absolute Gasteiger partial charge is 0.272 e. The molecule has 0 radical (unpaired) electrons. The van der Waals surface area contributed by atoms with E-state index in [0.29, 0.717) is 17.3 Å². The fraction of sp³-hybridized carbons (Fsp3) is 0.143. The second kappa shape index (κ2) is 5.45. The average molecular weight is 300 g/mol. The van der Waals surface area contributed by atoms with Crippen LogP contribution in [-0.4, -0.2) is 21.1 Å². The van der Waals surface area contributed by atoms with Gasteiger partial charge in [0.2, 0.25) is 0 Å². The van der Waals surface area contributed by atoms with Crippen LogP contribution in [0.3, 0.4) is 0 Å². The van der Waals surface area contributed by atoms with Crippen LogP contribution >= 0.6 is 11.3 Å². The molecule has 0 spiro atoms. The van der Waals surface area contributed by atoms with Gasteiger partial charge in [-0.15, -0.1) is 11.3 Å². The Labute approximate surface area is 123 Å². The summed E-state index contributed by atoms with van der Waals surface area (Å²) >= 11 is 1.49. The van der Waals surface area contributed by atoms with Gasteiger partial charge in [-0.3, -0.25) is 9.59 Å². The molecule has 3 rings (SSSR count). The third-order valence-corrected chi connectivity index (χ3v) is 4.10. The first-order valence-electron chi connectivity index (χ1n) is 6.31. The molecule has 0 bridgehead atoms. The molecule has 7 heteroatoms. The van der Waals surface area contributed by atoms with Crippen LogP contribution in [0.5, 0.6) is 0 Å². The summed E-state index contributed by atoms with van der Waals surface area (Å²) in [6.45, 7) is 2.29. The number of aryl methyl sites for hydroxylation is 1. The maximum atomic E-state index is 12.3. The minimum absolute atomic E-state index is 0.215. The zero-order valence-corrected chi connectivity index (χ0v) is 12.0. The summed E-state index contributed by atoms with van der Waals surface area (Å²) in [6.07, 6.45) is 0. The third kappa shape index (κ3) is 2.55. The Morgan fingerprint density at radius 2 is 2.10 bits per heavy atom. The fourth-order valence-corrected chi connectivity index (χ4v) is 2.74. The van der Waals surface area contributed by atoms with Gasteiger partial charge in [-0.05, 0) is 13.0 Å². The van der Waals surface area contributed by atoms with E-state index in [-0.39, 0.29) is 17.2 Å². The fourth-order valence-electron chi connectivity index (χ4n) is 2.03. The first-order chi connectivity index (χ1) is 10.2. The lowest BCUT2D eigenvalue weighted by Crippen LogP contribution is -2.26. The van der Waals surface area contributed by atoms with Gasteiger partial charge in [-0.25, -0.2) is 10.1 Å². The van der Waals surface area contributed by atoms with Crippen molar-refractivity contribution in [1.29, 1.82) is 0 Å². The van der Waals surface area contributed by atoms with Gasteiger partial charge >= 0.3 is 0 Å². The highest BCUT2D eigenvalue weighted by molar-refractivity contribution is 7.09. The van der Waals surface area contributed by atoms with Gasteiger partial charge in [-0.1, -0.05) is 18.2 Å². The third-order valence-electron chi connectivity index (χ3n) is 3.17. The maximum absolute atomic E-state index is 12.3. The number of aromatic amines is 1. The van der Waals surface area contributed by atoms with Crippen molar-refractivity contribution in [1.82, 2.24) is 20.5 Å². The molecular formula is C14H12N4O2S. The van der Waals surface area contributed by atoms with Crippen LogP contribution in [0.1, 0.15) is 21.1 Å². The standard InChI is InChI=1S/C14H12N4O2S/c1-8-11(21-7-16-8)6-15-14(20)12-9-4-2-3-5-10(9)13(19)18-17-12/h2-5,7H,6H2,1H3,(H,15,20)(H,18,19). The van der Waals surface area contributed by atoms with Crippen molar-refractivity contribution in [3.8, 4) is 0 Å². The molecule has 0 saturated heterocycles. The molecule has 0 aliphatic rings. The Hall–Kier alpha value is -2.54. The number of H-pyrrole nitrogens is 1. The number of nitrogens with zero attached hydrogens (tertiary/aromatic N) is 2. The molecule has 2 heterocycles. The molecule has 3 aromatic rings. The van der Waals surface area contributed by atoms with Gasteiger partial charge < -0.3 is 5.32 Å². The topological polar surface area (TPSA) is 87.7 Å². The van der Waals surface area contributed by atoms with Crippen LogP contribution in [0.2, 0.25) is 0 Å². The molecule has 106 valence electrons. The van der Waals surface area contributed by atoms with Gasteiger partial charge in [0.15, 0.2) is 5.69 Å². The van der Waals surface area contributed by atoms with Crippen LogP contribution in [0.15, 0.2) is 34.6 Å². The second-order valence-electron chi connectivity index (χ2n) is 4.49. The van der Waals surface area contributed by atoms with Gasteiger partial charge in [0.25, 0.3) is 11.5 Å². The normalized spacial score (nSPS) is 10.7. The van der Waals surface area contributed by atoms with E-state index in [2.05, 4.69) is 20.5 Å².